The number of amides is 1. The maximum atomic E-state index is 13.4. The van der Waals surface area contributed by atoms with E-state index in [0.717, 1.165) is 0 Å². The Bertz CT molecular complexity index is 477. The van der Waals surface area contributed by atoms with E-state index >= 15 is 0 Å². The van der Waals surface area contributed by atoms with Crippen molar-refractivity contribution in [1.29, 1.82) is 0 Å². The molecule has 0 radical (unpaired) electrons. The third-order valence-corrected chi connectivity index (χ3v) is 2.57. The molecule has 0 aliphatic carbocycles. The highest BCUT2D eigenvalue weighted by molar-refractivity contribution is 5.95. The molecule has 0 aromatic heterocycles. The van der Waals surface area contributed by atoms with Gasteiger partial charge in [0, 0.05) is 0 Å². The topological polar surface area (TPSA) is 55.1 Å². The Labute approximate surface area is 119 Å². The van der Waals surface area contributed by atoms with Crippen LogP contribution in [0.15, 0.2) is 18.2 Å². The van der Waals surface area contributed by atoms with Gasteiger partial charge in [-0.25, -0.2) is 4.39 Å². The highest BCUT2D eigenvalue weighted by atomic mass is 35.5. The number of hydrogen-bond donors (Lipinski definition) is 2. The average Bonchev–Trinajstić information content (AvgIpc) is 2.29. The van der Waals surface area contributed by atoms with Crippen LogP contribution in [0.25, 0.3) is 0 Å². The Morgan fingerprint density at radius 2 is 1.85 bits per heavy atom. The van der Waals surface area contributed by atoms with Crippen molar-refractivity contribution in [2.45, 2.75) is 26.1 Å². The van der Waals surface area contributed by atoms with E-state index in [2.05, 4.69) is 5.32 Å². The predicted octanol–water partition coefficient (Wildman–Crippen LogP) is 3.19. The number of rotatable bonds is 3. The number of halogens is 5. The Morgan fingerprint density at radius 3 is 2.30 bits per heavy atom. The molecule has 1 amide bonds. The number of nitrogens with one attached hydrogen (secondary N) is 1. The summed E-state index contributed by atoms with van der Waals surface area (Å²) in [4.78, 5) is 11.6. The minimum Gasteiger partial charge on any atom is -0.322 e. The fraction of sp³-hybridized carbons (Fsp3) is 0.417. The van der Waals surface area contributed by atoms with E-state index < -0.39 is 35.2 Å². The SMILES string of the molecule is CC(C)[C@@H](N)C(=O)Nc1cc(C(F)(F)F)ccc1F.Cl. The summed E-state index contributed by atoms with van der Waals surface area (Å²) in [5, 5.41) is 2.06. The van der Waals surface area contributed by atoms with Crippen LogP contribution in [-0.4, -0.2) is 11.9 Å². The number of alkyl halides is 3. The number of carbonyl (C=O) groups excluding carboxylic acids is 1. The van der Waals surface area contributed by atoms with Gasteiger partial charge in [-0.05, 0) is 24.1 Å². The van der Waals surface area contributed by atoms with Crippen LogP contribution in [-0.2, 0) is 11.0 Å². The first-order valence-electron chi connectivity index (χ1n) is 5.56. The summed E-state index contributed by atoms with van der Waals surface area (Å²) < 4.78 is 50.8. The van der Waals surface area contributed by atoms with Crippen molar-refractivity contribution in [2.24, 2.45) is 11.7 Å². The Hall–Kier alpha value is -1.34. The molecule has 1 aromatic rings. The van der Waals surface area contributed by atoms with E-state index in [1.807, 2.05) is 0 Å². The zero-order valence-corrected chi connectivity index (χ0v) is 11.6. The lowest BCUT2D eigenvalue weighted by atomic mass is 10.0. The number of nitrogens with two attached hydrogens (primary N) is 1. The van der Waals surface area contributed by atoms with Gasteiger partial charge >= 0.3 is 6.18 Å². The van der Waals surface area contributed by atoms with Gasteiger partial charge in [-0.2, -0.15) is 13.2 Å². The number of hydrogen-bond acceptors (Lipinski definition) is 2. The molecule has 1 rings (SSSR count). The standard InChI is InChI=1S/C12H14F4N2O.ClH/c1-6(2)10(17)11(19)18-9-5-7(12(14,15)16)3-4-8(9)13;/h3-6,10H,17H2,1-2H3,(H,18,19);1H/t10-;/m1./s1. The van der Waals surface area contributed by atoms with Gasteiger partial charge in [0.1, 0.15) is 5.82 Å². The highest BCUT2D eigenvalue weighted by Crippen LogP contribution is 2.31. The van der Waals surface area contributed by atoms with E-state index in [4.69, 9.17) is 5.73 Å². The van der Waals surface area contributed by atoms with Crippen molar-refractivity contribution in [3.05, 3.63) is 29.6 Å². The van der Waals surface area contributed by atoms with Crippen LogP contribution < -0.4 is 11.1 Å². The zero-order chi connectivity index (χ0) is 14.8. The Kier molecular flexibility index (Phi) is 6.43. The van der Waals surface area contributed by atoms with Gasteiger partial charge in [-0.1, -0.05) is 13.8 Å². The minimum absolute atomic E-state index is 0. The first kappa shape index (κ1) is 18.7. The fourth-order valence-corrected chi connectivity index (χ4v) is 1.32. The van der Waals surface area contributed by atoms with E-state index in [-0.39, 0.29) is 18.3 Å². The molecule has 0 bridgehead atoms. The van der Waals surface area contributed by atoms with Crippen LogP contribution in [0, 0.1) is 11.7 Å². The van der Waals surface area contributed by atoms with Gasteiger partial charge < -0.3 is 11.1 Å². The summed E-state index contributed by atoms with van der Waals surface area (Å²) in [5.41, 5.74) is 3.95. The molecular formula is C12H15ClF4N2O. The van der Waals surface area contributed by atoms with E-state index in [0.29, 0.717) is 18.2 Å². The second-order valence-electron chi connectivity index (χ2n) is 4.45. The smallest absolute Gasteiger partial charge is 0.322 e. The van der Waals surface area contributed by atoms with Gasteiger partial charge in [-0.15, -0.1) is 12.4 Å². The summed E-state index contributed by atoms with van der Waals surface area (Å²) in [7, 11) is 0. The van der Waals surface area contributed by atoms with Crippen molar-refractivity contribution in [1.82, 2.24) is 0 Å². The lowest BCUT2D eigenvalue weighted by Gasteiger charge is -2.16. The molecule has 114 valence electrons. The third-order valence-electron chi connectivity index (χ3n) is 2.57. The van der Waals surface area contributed by atoms with Gasteiger partial charge in [0.2, 0.25) is 5.91 Å². The molecule has 0 unspecified atom stereocenters. The monoisotopic (exact) mass is 314 g/mol. The zero-order valence-electron chi connectivity index (χ0n) is 10.8. The fourth-order valence-electron chi connectivity index (χ4n) is 1.32. The molecule has 1 aromatic carbocycles. The third kappa shape index (κ3) is 4.64. The second kappa shape index (κ2) is 6.90. The Balaban J connectivity index is 0.00000361. The van der Waals surface area contributed by atoms with E-state index in [1.54, 1.807) is 13.8 Å². The molecule has 1 atom stereocenters. The van der Waals surface area contributed by atoms with Gasteiger partial charge in [0.05, 0.1) is 17.3 Å². The van der Waals surface area contributed by atoms with Crippen LogP contribution in [0.5, 0.6) is 0 Å². The highest BCUT2D eigenvalue weighted by Gasteiger charge is 2.31. The maximum Gasteiger partial charge on any atom is 0.416 e. The van der Waals surface area contributed by atoms with Crippen LogP contribution in [0.4, 0.5) is 23.2 Å². The lowest BCUT2D eigenvalue weighted by Crippen LogP contribution is -2.40. The summed E-state index contributed by atoms with van der Waals surface area (Å²) in [5.74, 6) is -1.89. The molecule has 0 heterocycles. The number of carbonyl (C=O) groups is 1. The number of benzene rings is 1. The quantitative estimate of drug-likeness (QED) is 0.842. The molecule has 0 saturated carbocycles. The van der Waals surface area contributed by atoms with E-state index in [9.17, 15) is 22.4 Å². The summed E-state index contributed by atoms with van der Waals surface area (Å²) in [6.07, 6.45) is -4.60. The molecule has 3 nitrogen and oxygen atoms in total. The molecule has 3 N–H and O–H groups in total. The van der Waals surface area contributed by atoms with Crippen LogP contribution in [0.1, 0.15) is 19.4 Å². The maximum absolute atomic E-state index is 13.4. The van der Waals surface area contributed by atoms with E-state index in [1.165, 1.54) is 0 Å². The summed E-state index contributed by atoms with van der Waals surface area (Å²) in [6.45, 7) is 3.35. The largest absolute Gasteiger partial charge is 0.416 e. The molecule has 0 fully saturated rings. The van der Waals surface area contributed by atoms with Crippen molar-refractivity contribution >= 4 is 24.0 Å². The predicted molar refractivity (Wildman–Crippen MR) is 70.1 cm³/mol. The first-order chi connectivity index (χ1) is 8.62. The molecule has 0 aliphatic heterocycles. The number of anilines is 1. The second-order valence-corrected chi connectivity index (χ2v) is 4.45. The lowest BCUT2D eigenvalue weighted by molar-refractivity contribution is -0.137. The van der Waals surface area contributed by atoms with Crippen LogP contribution in [0.2, 0.25) is 0 Å². The van der Waals surface area contributed by atoms with Crippen molar-refractivity contribution < 1.29 is 22.4 Å². The molecule has 0 spiro atoms. The molecule has 20 heavy (non-hydrogen) atoms. The van der Waals surface area contributed by atoms with Crippen molar-refractivity contribution in [3.8, 4) is 0 Å². The molecule has 8 heteroatoms. The summed E-state index contributed by atoms with van der Waals surface area (Å²) >= 11 is 0. The summed E-state index contributed by atoms with van der Waals surface area (Å²) in [6, 6.07) is 0.876. The first-order valence-corrected chi connectivity index (χ1v) is 5.56. The van der Waals surface area contributed by atoms with Crippen molar-refractivity contribution in [2.75, 3.05) is 5.32 Å². The van der Waals surface area contributed by atoms with Gasteiger partial charge in [-0.3, -0.25) is 4.79 Å². The minimum atomic E-state index is -4.60. The molecule has 0 aliphatic rings. The van der Waals surface area contributed by atoms with Gasteiger partial charge in [0.15, 0.2) is 0 Å². The average molecular weight is 315 g/mol. The Morgan fingerprint density at radius 1 is 1.30 bits per heavy atom. The van der Waals surface area contributed by atoms with Crippen LogP contribution >= 0.6 is 12.4 Å². The van der Waals surface area contributed by atoms with Gasteiger partial charge in [0.25, 0.3) is 0 Å². The van der Waals surface area contributed by atoms with Crippen molar-refractivity contribution in [3.63, 3.8) is 0 Å². The molecular weight excluding hydrogens is 300 g/mol. The van der Waals surface area contributed by atoms with Crippen LogP contribution in [0.3, 0.4) is 0 Å². The normalized spacial score (nSPS) is 12.8. The molecule has 0 saturated heterocycles.